The molecule has 1 aliphatic carbocycles. The number of rotatable bonds is 11. The zero-order valence-corrected chi connectivity index (χ0v) is 20.2. The van der Waals surface area contributed by atoms with Crippen LogP contribution in [-0.2, 0) is 0 Å². The van der Waals surface area contributed by atoms with Crippen LogP contribution in [0.2, 0.25) is 0 Å². The number of likely N-dealkylation sites (N-methyl/N-ethyl adjacent to an activating group) is 1. The molecular formula is C20H44IN5. The zero-order chi connectivity index (χ0) is 18.5. The number of hydrogen-bond donors (Lipinski definition) is 2. The molecule has 5 nitrogen and oxygen atoms in total. The van der Waals surface area contributed by atoms with Gasteiger partial charge < -0.3 is 20.4 Å². The summed E-state index contributed by atoms with van der Waals surface area (Å²) in [5.41, 5.74) is 0. The third kappa shape index (κ3) is 10.9. The Balaban J connectivity index is 0.00000625. The summed E-state index contributed by atoms with van der Waals surface area (Å²) in [4.78, 5) is 9.39. The molecule has 0 saturated heterocycles. The lowest BCUT2D eigenvalue weighted by molar-refractivity contribution is 0.194. The molecule has 0 spiro atoms. The van der Waals surface area contributed by atoms with Crippen molar-refractivity contribution in [1.29, 1.82) is 0 Å². The number of hydrogen-bond acceptors (Lipinski definition) is 3. The molecule has 0 aromatic carbocycles. The maximum Gasteiger partial charge on any atom is 0.191 e. The van der Waals surface area contributed by atoms with Crippen molar-refractivity contribution in [2.45, 2.75) is 77.8 Å². The average molecular weight is 482 g/mol. The van der Waals surface area contributed by atoms with Crippen molar-refractivity contribution in [2.24, 2.45) is 4.99 Å². The van der Waals surface area contributed by atoms with Crippen LogP contribution in [0.15, 0.2) is 4.99 Å². The number of nitrogens with one attached hydrogen (secondary N) is 2. The van der Waals surface area contributed by atoms with Gasteiger partial charge in [0.05, 0.1) is 0 Å². The zero-order valence-electron chi connectivity index (χ0n) is 17.9. The number of nitrogens with zero attached hydrogens (tertiary/aromatic N) is 3. The van der Waals surface area contributed by atoms with Gasteiger partial charge in [-0.25, -0.2) is 0 Å². The van der Waals surface area contributed by atoms with E-state index in [9.17, 15) is 0 Å². The minimum Gasteiger partial charge on any atom is -0.355 e. The SMILES string of the molecule is CCN(CC)CCCC(C)NC(=NC)NCCN(C)C1CCCCC1.I. The van der Waals surface area contributed by atoms with Crippen LogP contribution in [0.1, 0.15) is 65.7 Å². The summed E-state index contributed by atoms with van der Waals surface area (Å²) in [5, 5.41) is 7.01. The van der Waals surface area contributed by atoms with Gasteiger partial charge in [0.25, 0.3) is 0 Å². The van der Waals surface area contributed by atoms with E-state index >= 15 is 0 Å². The molecule has 0 aromatic heterocycles. The molecule has 156 valence electrons. The summed E-state index contributed by atoms with van der Waals surface area (Å²) in [7, 11) is 4.13. The quantitative estimate of drug-likeness (QED) is 0.269. The molecule has 1 rings (SSSR count). The molecule has 1 fully saturated rings. The van der Waals surface area contributed by atoms with E-state index in [0.717, 1.165) is 38.2 Å². The molecule has 0 aromatic rings. The molecule has 1 aliphatic rings. The lowest BCUT2D eigenvalue weighted by Crippen LogP contribution is -2.46. The van der Waals surface area contributed by atoms with Gasteiger partial charge in [0.15, 0.2) is 5.96 Å². The highest BCUT2D eigenvalue weighted by molar-refractivity contribution is 14.0. The van der Waals surface area contributed by atoms with Crippen molar-refractivity contribution < 1.29 is 0 Å². The average Bonchev–Trinajstić information content (AvgIpc) is 2.65. The van der Waals surface area contributed by atoms with Gasteiger partial charge in [0.1, 0.15) is 0 Å². The summed E-state index contributed by atoms with van der Waals surface area (Å²) in [6.45, 7) is 12.3. The third-order valence-electron chi connectivity index (χ3n) is 5.57. The van der Waals surface area contributed by atoms with Crippen LogP contribution in [-0.4, -0.2) is 74.7 Å². The van der Waals surface area contributed by atoms with Gasteiger partial charge in [0, 0.05) is 32.2 Å². The molecule has 26 heavy (non-hydrogen) atoms. The predicted molar refractivity (Wildman–Crippen MR) is 126 cm³/mol. The van der Waals surface area contributed by atoms with E-state index in [1.807, 2.05) is 7.05 Å². The van der Waals surface area contributed by atoms with E-state index in [-0.39, 0.29) is 24.0 Å². The summed E-state index contributed by atoms with van der Waals surface area (Å²) in [5.74, 6) is 0.937. The second kappa shape index (κ2) is 15.9. The number of aliphatic imine (C=N–C) groups is 1. The largest absolute Gasteiger partial charge is 0.355 e. The Bertz CT molecular complexity index is 354. The van der Waals surface area contributed by atoms with E-state index < -0.39 is 0 Å². The Hall–Kier alpha value is -0.0800. The summed E-state index contributed by atoms with van der Waals surface area (Å²) >= 11 is 0. The monoisotopic (exact) mass is 481 g/mol. The van der Waals surface area contributed by atoms with Crippen molar-refractivity contribution in [3.63, 3.8) is 0 Å². The Morgan fingerprint density at radius 2 is 1.77 bits per heavy atom. The topological polar surface area (TPSA) is 42.9 Å². The molecule has 0 bridgehead atoms. The van der Waals surface area contributed by atoms with E-state index in [4.69, 9.17) is 0 Å². The first-order chi connectivity index (χ1) is 12.1. The Morgan fingerprint density at radius 1 is 1.12 bits per heavy atom. The Kier molecular flexibility index (Phi) is 15.9. The molecular weight excluding hydrogens is 437 g/mol. The smallest absolute Gasteiger partial charge is 0.191 e. The lowest BCUT2D eigenvalue weighted by atomic mass is 9.94. The maximum absolute atomic E-state index is 4.38. The molecule has 0 radical (unpaired) electrons. The highest BCUT2D eigenvalue weighted by Gasteiger charge is 2.17. The van der Waals surface area contributed by atoms with Gasteiger partial charge in [-0.05, 0) is 59.3 Å². The first kappa shape index (κ1) is 25.9. The van der Waals surface area contributed by atoms with E-state index in [1.54, 1.807) is 0 Å². The first-order valence-corrected chi connectivity index (χ1v) is 10.5. The van der Waals surface area contributed by atoms with Gasteiger partial charge >= 0.3 is 0 Å². The molecule has 0 heterocycles. The lowest BCUT2D eigenvalue weighted by Gasteiger charge is -2.31. The molecule has 1 atom stereocenters. The fraction of sp³-hybridized carbons (Fsp3) is 0.950. The van der Waals surface area contributed by atoms with Crippen LogP contribution in [0.5, 0.6) is 0 Å². The molecule has 1 unspecified atom stereocenters. The second-order valence-corrected chi connectivity index (χ2v) is 7.49. The summed E-state index contributed by atoms with van der Waals surface area (Å²) < 4.78 is 0. The fourth-order valence-electron chi connectivity index (χ4n) is 3.72. The Morgan fingerprint density at radius 3 is 2.35 bits per heavy atom. The summed E-state index contributed by atoms with van der Waals surface area (Å²) in [6.07, 6.45) is 9.37. The van der Waals surface area contributed by atoms with Crippen LogP contribution >= 0.6 is 24.0 Å². The van der Waals surface area contributed by atoms with E-state index in [1.165, 1.54) is 51.5 Å². The van der Waals surface area contributed by atoms with Crippen molar-refractivity contribution in [3.8, 4) is 0 Å². The van der Waals surface area contributed by atoms with Gasteiger partial charge in [-0.15, -0.1) is 24.0 Å². The van der Waals surface area contributed by atoms with Crippen molar-refractivity contribution in [2.75, 3.05) is 46.8 Å². The molecule has 1 saturated carbocycles. The van der Waals surface area contributed by atoms with Crippen LogP contribution in [0.4, 0.5) is 0 Å². The standard InChI is InChI=1S/C20H43N5.HI/c1-6-25(7-2)16-11-12-18(3)23-20(21-4)22-15-17-24(5)19-13-9-8-10-14-19;/h18-19H,6-17H2,1-5H3,(H2,21,22,23);1H. The predicted octanol–water partition coefficient (Wildman–Crippen LogP) is 3.54. The molecule has 2 N–H and O–H groups in total. The normalized spacial score (nSPS) is 17.3. The van der Waals surface area contributed by atoms with Crippen LogP contribution < -0.4 is 10.6 Å². The number of guanidine groups is 1. The van der Waals surface area contributed by atoms with Crippen LogP contribution in [0, 0.1) is 0 Å². The van der Waals surface area contributed by atoms with Crippen LogP contribution in [0.3, 0.4) is 0 Å². The van der Waals surface area contributed by atoms with Gasteiger partial charge in [-0.1, -0.05) is 33.1 Å². The first-order valence-electron chi connectivity index (χ1n) is 10.5. The fourth-order valence-corrected chi connectivity index (χ4v) is 3.72. The van der Waals surface area contributed by atoms with Crippen molar-refractivity contribution >= 4 is 29.9 Å². The van der Waals surface area contributed by atoms with E-state index in [0.29, 0.717) is 6.04 Å². The minimum absolute atomic E-state index is 0. The maximum atomic E-state index is 4.38. The van der Waals surface area contributed by atoms with Gasteiger partial charge in [-0.2, -0.15) is 0 Å². The van der Waals surface area contributed by atoms with Crippen molar-refractivity contribution in [1.82, 2.24) is 20.4 Å². The third-order valence-corrected chi connectivity index (χ3v) is 5.57. The van der Waals surface area contributed by atoms with E-state index in [2.05, 4.69) is 53.2 Å². The highest BCUT2D eigenvalue weighted by atomic mass is 127. The number of halogens is 1. The second-order valence-electron chi connectivity index (χ2n) is 7.49. The van der Waals surface area contributed by atoms with Gasteiger partial charge in [0.2, 0.25) is 0 Å². The summed E-state index contributed by atoms with van der Waals surface area (Å²) in [6, 6.07) is 1.24. The molecule has 0 amide bonds. The van der Waals surface area contributed by atoms with Gasteiger partial charge in [-0.3, -0.25) is 4.99 Å². The highest BCUT2D eigenvalue weighted by Crippen LogP contribution is 2.21. The Labute approximate surface area is 179 Å². The van der Waals surface area contributed by atoms with Crippen molar-refractivity contribution in [3.05, 3.63) is 0 Å². The minimum atomic E-state index is 0. The molecule has 0 aliphatic heterocycles. The van der Waals surface area contributed by atoms with Crippen LogP contribution in [0.25, 0.3) is 0 Å². The molecule has 6 heteroatoms.